The van der Waals surface area contributed by atoms with Crippen molar-refractivity contribution in [1.29, 1.82) is 0 Å². The summed E-state index contributed by atoms with van der Waals surface area (Å²) in [6, 6.07) is 5.21. The lowest BCUT2D eigenvalue weighted by Crippen LogP contribution is -2.55. The fraction of sp³-hybridized carbons (Fsp3) is 0.538. The van der Waals surface area contributed by atoms with Crippen molar-refractivity contribution in [2.24, 2.45) is 5.11 Å². The average molecular weight is 290 g/mol. The van der Waals surface area contributed by atoms with Crippen LogP contribution < -0.4 is 4.90 Å². The van der Waals surface area contributed by atoms with E-state index in [1.54, 1.807) is 12.1 Å². The van der Waals surface area contributed by atoms with E-state index in [1.165, 1.54) is 6.07 Å². The van der Waals surface area contributed by atoms with Crippen LogP contribution in [0, 0.1) is 10.1 Å². The largest absolute Gasteiger partial charge is 0.363 e. The van der Waals surface area contributed by atoms with Crippen LogP contribution in [-0.4, -0.2) is 42.0 Å². The maximum Gasteiger partial charge on any atom is 0.292 e. The zero-order valence-electron chi connectivity index (χ0n) is 12.3. The summed E-state index contributed by atoms with van der Waals surface area (Å²) in [5.41, 5.74) is 9.24. The second-order valence-electron chi connectivity index (χ2n) is 5.39. The number of azide groups is 1. The Hall–Kier alpha value is -2.31. The monoisotopic (exact) mass is 290 g/mol. The van der Waals surface area contributed by atoms with Gasteiger partial charge in [0.2, 0.25) is 0 Å². The van der Waals surface area contributed by atoms with Crippen LogP contribution in [0.4, 0.5) is 17.1 Å². The lowest BCUT2D eigenvalue weighted by atomic mass is 10.1. The summed E-state index contributed by atoms with van der Waals surface area (Å²) in [6.45, 7) is 5.65. The SMILES string of the molecule is C[C@@H]1CN(c2ccc(N=[N+]=[N-])cc2[N+](=O)[O-])C[C@H](C)N1C. The van der Waals surface area contributed by atoms with E-state index in [4.69, 9.17) is 5.53 Å². The Balaban J connectivity index is 2.39. The van der Waals surface area contributed by atoms with E-state index >= 15 is 0 Å². The van der Waals surface area contributed by atoms with Gasteiger partial charge in [0.05, 0.1) is 4.92 Å². The molecule has 0 amide bonds. The third-order valence-electron chi connectivity index (χ3n) is 4.02. The standard InChI is InChI=1S/C13H18N6O2/c1-9-7-18(8-10(2)17(9)3)12-5-4-11(15-16-14)6-13(12)19(20)21/h4-6,9-10H,7-8H2,1-3H3/t9-,10+. The Morgan fingerprint density at radius 1 is 1.38 bits per heavy atom. The maximum absolute atomic E-state index is 11.3. The van der Waals surface area contributed by atoms with Crippen LogP contribution in [0.5, 0.6) is 0 Å². The fourth-order valence-electron chi connectivity index (χ4n) is 2.64. The predicted octanol–water partition coefficient (Wildman–Crippen LogP) is 3.07. The molecule has 1 aromatic rings. The summed E-state index contributed by atoms with van der Waals surface area (Å²) in [5.74, 6) is 0. The number of anilines is 1. The molecule has 21 heavy (non-hydrogen) atoms. The van der Waals surface area contributed by atoms with Crippen molar-refractivity contribution in [3.8, 4) is 0 Å². The normalized spacial score (nSPS) is 22.7. The van der Waals surface area contributed by atoms with Gasteiger partial charge in [-0.25, -0.2) is 0 Å². The number of nitro benzene ring substituents is 1. The Morgan fingerprint density at radius 3 is 2.52 bits per heavy atom. The molecule has 0 aromatic heterocycles. The summed E-state index contributed by atoms with van der Waals surface area (Å²) in [5, 5.41) is 14.7. The molecule has 1 aromatic carbocycles. The molecular formula is C13H18N6O2. The Kier molecular flexibility index (Phi) is 4.30. The number of nitrogens with zero attached hydrogens (tertiary/aromatic N) is 6. The van der Waals surface area contributed by atoms with Crippen LogP contribution >= 0.6 is 0 Å². The van der Waals surface area contributed by atoms with E-state index in [0.717, 1.165) is 13.1 Å². The van der Waals surface area contributed by atoms with Gasteiger partial charge < -0.3 is 4.90 Å². The minimum absolute atomic E-state index is 0.0242. The van der Waals surface area contributed by atoms with Crippen molar-refractivity contribution in [2.45, 2.75) is 25.9 Å². The van der Waals surface area contributed by atoms with Crippen molar-refractivity contribution in [3.05, 3.63) is 38.8 Å². The molecule has 0 unspecified atom stereocenters. The first-order valence-corrected chi connectivity index (χ1v) is 6.74. The number of hydrogen-bond donors (Lipinski definition) is 0. The van der Waals surface area contributed by atoms with Gasteiger partial charge in [0, 0.05) is 41.8 Å². The Morgan fingerprint density at radius 2 is 2.00 bits per heavy atom. The maximum atomic E-state index is 11.3. The summed E-state index contributed by atoms with van der Waals surface area (Å²) in [6.07, 6.45) is 0. The highest BCUT2D eigenvalue weighted by atomic mass is 16.6. The fourth-order valence-corrected chi connectivity index (χ4v) is 2.64. The highest BCUT2D eigenvalue weighted by Crippen LogP contribution is 2.34. The highest BCUT2D eigenvalue weighted by Gasteiger charge is 2.30. The summed E-state index contributed by atoms with van der Waals surface area (Å²) < 4.78 is 0. The zero-order chi connectivity index (χ0) is 15.6. The van der Waals surface area contributed by atoms with Crippen LogP contribution in [-0.2, 0) is 0 Å². The number of piperazine rings is 1. The molecule has 1 aliphatic heterocycles. The lowest BCUT2D eigenvalue weighted by molar-refractivity contribution is -0.384. The van der Waals surface area contributed by atoms with Crippen LogP contribution in [0.25, 0.3) is 10.4 Å². The molecule has 0 aliphatic carbocycles. The first-order chi connectivity index (χ1) is 9.93. The molecule has 8 heteroatoms. The zero-order valence-corrected chi connectivity index (χ0v) is 12.3. The van der Waals surface area contributed by atoms with Crippen LogP contribution in [0.15, 0.2) is 23.3 Å². The Labute approximate surface area is 122 Å². The molecular weight excluding hydrogens is 272 g/mol. The highest BCUT2D eigenvalue weighted by molar-refractivity contribution is 5.68. The molecule has 2 rings (SSSR count). The minimum Gasteiger partial charge on any atom is -0.363 e. The van der Waals surface area contributed by atoms with E-state index in [1.807, 2.05) is 4.90 Å². The van der Waals surface area contributed by atoms with Gasteiger partial charge in [0.1, 0.15) is 5.69 Å². The molecule has 112 valence electrons. The summed E-state index contributed by atoms with van der Waals surface area (Å²) in [4.78, 5) is 17.8. The van der Waals surface area contributed by atoms with Gasteiger partial charge in [-0.15, -0.1) is 0 Å². The number of benzene rings is 1. The second-order valence-corrected chi connectivity index (χ2v) is 5.39. The molecule has 0 radical (unpaired) electrons. The molecule has 0 saturated carbocycles. The smallest absolute Gasteiger partial charge is 0.292 e. The van der Waals surface area contributed by atoms with Crippen molar-refractivity contribution in [1.82, 2.24) is 4.90 Å². The summed E-state index contributed by atoms with van der Waals surface area (Å²) in [7, 11) is 2.06. The molecule has 1 aliphatic rings. The Bertz CT molecular complexity index is 586. The van der Waals surface area contributed by atoms with E-state index in [2.05, 4.69) is 35.8 Å². The van der Waals surface area contributed by atoms with Crippen molar-refractivity contribution < 1.29 is 4.92 Å². The first kappa shape index (κ1) is 15.1. The van der Waals surface area contributed by atoms with E-state index in [0.29, 0.717) is 17.8 Å². The predicted molar refractivity (Wildman–Crippen MR) is 80.8 cm³/mol. The lowest BCUT2D eigenvalue weighted by Gasteiger charge is -2.43. The minimum atomic E-state index is -0.431. The number of nitro groups is 1. The van der Waals surface area contributed by atoms with Gasteiger partial charge in [-0.3, -0.25) is 15.0 Å². The van der Waals surface area contributed by atoms with Crippen molar-refractivity contribution in [2.75, 3.05) is 25.0 Å². The third-order valence-corrected chi connectivity index (χ3v) is 4.02. The molecule has 0 bridgehead atoms. The molecule has 1 fully saturated rings. The molecule has 0 spiro atoms. The van der Waals surface area contributed by atoms with Gasteiger partial charge in [-0.1, -0.05) is 11.2 Å². The van der Waals surface area contributed by atoms with Crippen LogP contribution in [0.3, 0.4) is 0 Å². The van der Waals surface area contributed by atoms with Crippen LogP contribution in [0.1, 0.15) is 13.8 Å². The van der Waals surface area contributed by atoms with Crippen molar-refractivity contribution in [3.63, 3.8) is 0 Å². The molecule has 8 nitrogen and oxygen atoms in total. The quantitative estimate of drug-likeness (QED) is 0.281. The van der Waals surface area contributed by atoms with Crippen LogP contribution in [0.2, 0.25) is 0 Å². The molecule has 0 N–H and O–H groups in total. The first-order valence-electron chi connectivity index (χ1n) is 6.74. The molecule has 1 saturated heterocycles. The van der Waals surface area contributed by atoms with E-state index in [-0.39, 0.29) is 11.4 Å². The molecule has 1 heterocycles. The number of rotatable bonds is 3. The van der Waals surface area contributed by atoms with Gasteiger partial charge >= 0.3 is 0 Å². The number of hydrogen-bond acceptors (Lipinski definition) is 5. The van der Waals surface area contributed by atoms with E-state index < -0.39 is 4.92 Å². The average Bonchev–Trinajstić information content (AvgIpc) is 2.44. The molecule has 2 atom stereocenters. The summed E-state index contributed by atoms with van der Waals surface area (Å²) >= 11 is 0. The number of likely N-dealkylation sites (N-methyl/N-ethyl adjacent to an activating group) is 1. The van der Waals surface area contributed by atoms with Gasteiger partial charge in [0.25, 0.3) is 5.69 Å². The van der Waals surface area contributed by atoms with E-state index in [9.17, 15) is 10.1 Å². The van der Waals surface area contributed by atoms with Crippen molar-refractivity contribution >= 4 is 17.1 Å². The third kappa shape index (κ3) is 3.07. The second kappa shape index (κ2) is 5.99. The topological polar surface area (TPSA) is 98.4 Å². The van der Waals surface area contributed by atoms with Gasteiger partial charge in [-0.2, -0.15) is 0 Å². The van der Waals surface area contributed by atoms with Gasteiger partial charge in [0.15, 0.2) is 0 Å². The van der Waals surface area contributed by atoms with Gasteiger partial charge in [-0.05, 0) is 32.5 Å².